The van der Waals surface area contributed by atoms with Gasteiger partial charge < -0.3 is 0 Å². The standard InChI is InChI=1S/C14H24S/c1-10-11-6-2-4-8-13(11)15-14-9-5-3-7-12(10)14/h10-14H,2-9H2,1H3. The van der Waals surface area contributed by atoms with E-state index in [1.165, 1.54) is 38.5 Å². The highest BCUT2D eigenvalue weighted by Crippen LogP contribution is 2.53. The molecule has 0 spiro atoms. The third-order valence-corrected chi connectivity index (χ3v) is 7.08. The first-order valence-electron chi connectivity index (χ1n) is 7.02. The first kappa shape index (κ1) is 10.5. The lowest BCUT2D eigenvalue weighted by Crippen LogP contribution is -2.43. The molecule has 3 rings (SSSR count). The Bertz CT molecular complexity index is 203. The monoisotopic (exact) mass is 224 g/mol. The average Bonchev–Trinajstić information content (AvgIpc) is 2.30. The zero-order valence-electron chi connectivity index (χ0n) is 9.95. The van der Waals surface area contributed by atoms with Gasteiger partial charge in [-0.3, -0.25) is 0 Å². The summed E-state index contributed by atoms with van der Waals surface area (Å²) in [5.74, 6) is 3.22. The van der Waals surface area contributed by atoms with Crippen molar-refractivity contribution in [1.82, 2.24) is 0 Å². The van der Waals surface area contributed by atoms with E-state index in [1.54, 1.807) is 12.8 Å². The quantitative estimate of drug-likeness (QED) is 0.584. The highest BCUT2D eigenvalue weighted by molar-refractivity contribution is 8.00. The normalized spacial score (nSPS) is 50.6. The van der Waals surface area contributed by atoms with Gasteiger partial charge in [-0.1, -0.05) is 32.6 Å². The van der Waals surface area contributed by atoms with Crippen LogP contribution in [0, 0.1) is 17.8 Å². The summed E-state index contributed by atoms with van der Waals surface area (Å²) in [5, 5.41) is 2.10. The van der Waals surface area contributed by atoms with Gasteiger partial charge in [-0.05, 0) is 43.4 Å². The van der Waals surface area contributed by atoms with Gasteiger partial charge in [-0.25, -0.2) is 0 Å². The number of rotatable bonds is 0. The van der Waals surface area contributed by atoms with E-state index in [2.05, 4.69) is 18.7 Å². The SMILES string of the molecule is CC1C2CCCCC2SC2CCCCC21. The molecule has 1 heteroatoms. The molecule has 3 aliphatic rings. The number of hydrogen-bond donors (Lipinski definition) is 0. The topological polar surface area (TPSA) is 0 Å². The molecule has 86 valence electrons. The minimum atomic E-state index is 1.04. The summed E-state index contributed by atoms with van der Waals surface area (Å²) >= 11 is 2.40. The molecular weight excluding hydrogens is 200 g/mol. The molecule has 0 N–H and O–H groups in total. The molecule has 3 fully saturated rings. The summed E-state index contributed by atoms with van der Waals surface area (Å²) in [7, 11) is 0. The Morgan fingerprint density at radius 2 is 1.20 bits per heavy atom. The number of thioether (sulfide) groups is 1. The van der Waals surface area contributed by atoms with Crippen molar-refractivity contribution in [3.05, 3.63) is 0 Å². The lowest BCUT2D eigenvalue weighted by molar-refractivity contribution is 0.154. The molecule has 1 saturated heterocycles. The van der Waals surface area contributed by atoms with Crippen LogP contribution in [0.15, 0.2) is 0 Å². The molecule has 15 heavy (non-hydrogen) atoms. The van der Waals surface area contributed by atoms with Crippen molar-refractivity contribution in [3.8, 4) is 0 Å². The van der Waals surface area contributed by atoms with E-state index in [-0.39, 0.29) is 0 Å². The second-order valence-electron chi connectivity index (χ2n) is 5.97. The first-order valence-corrected chi connectivity index (χ1v) is 7.96. The molecule has 4 atom stereocenters. The van der Waals surface area contributed by atoms with E-state index < -0.39 is 0 Å². The number of fused-ring (bicyclic) bond motifs is 2. The highest BCUT2D eigenvalue weighted by Gasteiger charge is 2.43. The van der Waals surface area contributed by atoms with Crippen molar-refractivity contribution < 1.29 is 0 Å². The highest BCUT2D eigenvalue weighted by atomic mass is 32.2. The third kappa shape index (κ3) is 1.85. The predicted octanol–water partition coefficient (Wildman–Crippen LogP) is 4.49. The van der Waals surface area contributed by atoms with Crippen molar-refractivity contribution in [2.45, 2.75) is 68.8 Å². The van der Waals surface area contributed by atoms with Gasteiger partial charge in [-0.15, -0.1) is 0 Å². The Morgan fingerprint density at radius 3 is 1.73 bits per heavy atom. The van der Waals surface area contributed by atoms with Gasteiger partial charge >= 0.3 is 0 Å². The van der Waals surface area contributed by atoms with E-state index in [1.807, 2.05) is 0 Å². The fourth-order valence-corrected chi connectivity index (χ4v) is 6.56. The van der Waals surface area contributed by atoms with Crippen LogP contribution >= 0.6 is 11.8 Å². The second-order valence-corrected chi connectivity index (χ2v) is 7.45. The van der Waals surface area contributed by atoms with Crippen molar-refractivity contribution in [3.63, 3.8) is 0 Å². The minimum absolute atomic E-state index is 1.04. The summed E-state index contributed by atoms with van der Waals surface area (Å²) in [5.41, 5.74) is 0. The zero-order chi connectivity index (χ0) is 10.3. The van der Waals surface area contributed by atoms with Crippen molar-refractivity contribution in [2.24, 2.45) is 17.8 Å². The first-order chi connectivity index (χ1) is 7.36. The average molecular weight is 224 g/mol. The van der Waals surface area contributed by atoms with Crippen LogP contribution < -0.4 is 0 Å². The van der Waals surface area contributed by atoms with Crippen molar-refractivity contribution in [1.29, 1.82) is 0 Å². The van der Waals surface area contributed by atoms with E-state index in [4.69, 9.17) is 0 Å². The van der Waals surface area contributed by atoms with Crippen LogP contribution in [0.25, 0.3) is 0 Å². The summed E-state index contributed by atoms with van der Waals surface area (Å²) in [6.07, 6.45) is 12.2. The smallest absolute Gasteiger partial charge is 0.00808 e. The van der Waals surface area contributed by atoms with Crippen LogP contribution in [0.2, 0.25) is 0 Å². The Hall–Kier alpha value is 0.350. The van der Waals surface area contributed by atoms with Crippen LogP contribution in [-0.2, 0) is 0 Å². The molecule has 2 aliphatic carbocycles. The largest absolute Gasteiger partial charge is 0.155 e. The summed E-state index contributed by atoms with van der Waals surface area (Å²) in [6.45, 7) is 2.58. The Kier molecular flexibility index (Phi) is 3.02. The fraction of sp³-hybridized carbons (Fsp3) is 1.00. The molecule has 0 aromatic rings. The van der Waals surface area contributed by atoms with Crippen LogP contribution in [0.3, 0.4) is 0 Å². The van der Waals surface area contributed by atoms with Gasteiger partial charge in [0.15, 0.2) is 0 Å². The van der Waals surface area contributed by atoms with Gasteiger partial charge in [0.05, 0.1) is 0 Å². The van der Waals surface area contributed by atoms with E-state index in [0.29, 0.717) is 0 Å². The van der Waals surface area contributed by atoms with Gasteiger partial charge in [0, 0.05) is 10.5 Å². The number of hydrogen-bond acceptors (Lipinski definition) is 1. The molecule has 0 radical (unpaired) electrons. The van der Waals surface area contributed by atoms with E-state index in [9.17, 15) is 0 Å². The molecule has 1 aliphatic heterocycles. The van der Waals surface area contributed by atoms with Crippen LogP contribution in [0.4, 0.5) is 0 Å². The molecule has 2 saturated carbocycles. The summed E-state index contributed by atoms with van der Waals surface area (Å²) < 4.78 is 0. The molecule has 0 nitrogen and oxygen atoms in total. The Labute approximate surface area is 98.6 Å². The van der Waals surface area contributed by atoms with Crippen molar-refractivity contribution >= 4 is 11.8 Å². The van der Waals surface area contributed by atoms with Gasteiger partial charge in [0.25, 0.3) is 0 Å². The predicted molar refractivity (Wildman–Crippen MR) is 68.2 cm³/mol. The Balaban J connectivity index is 1.76. The maximum atomic E-state index is 2.58. The Morgan fingerprint density at radius 1 is 0.733 bits per heavy atom. The van der Waals surface area contributed by atoms with E-state index in [0.717, 1.165) is 28.3 Å². The molecule has 0 aromatic heterocycles. The van der Waals surface area contributed by atoms with Gasteiger partial charge in [0.2, 0.25) is 0 Å². The van der Waals surface area contributed by atoms with E-state index >= 15 is 0 Å². The summed E-state index contributed by atoms with van der Waals surface area (Å²) in [4.78, 5) is 0. The molecule has 0 bridgehead atoms. The van der Waals surface area contributed by atoms with Gasteiger partial charge in [0.1, 0.15) is 0 Å². The molecule has 0 amide bonds. The summed E-state index contributed by atoms with van der Waals surface area (Å²) in [6, 6.07) is 0. The molecule has 1 heterocycles. The third-order valence-electron chi connectivity index (χ3n) is 5.21. The van der Waals surface area contributed by atoms with Crippen LogP contribution in [0.5, 0.6) is 0 Å². The fourth-order valence-electron chi connectivity index (χ4n) is 4.33. The lowest BCUT2D eigenvalue weighted by Gasteiger charge is -2.49. The van der Waals surface area contributed by atoms with Crippen molar-refractivity contribution in [2.75, 3.05) is 0 Å². The van der Waals surface area contributed by atoms with Crippen LogP contribution in [-0.4, -0.2) is 10.5 Å². The molecular formula is C14H24S. The zero-order valence-corrected chi connectivity index (χ0v) is 10.8. The maximum absolute atomic E-state index is 2.58. The molecule has 0 aromatic carbocycles. The minimum Gasteiger partial charge on any atom is -0.155 e. The van der Waals surface area contributed by atoms with Gasteiger partial charge in [-0.2, -0.15) is 11.8 Å². The maximum Gasteiger partial charge on any atom is 0.00808 e. The second kappa shape index (κ2) is 4.31. The van der Waals surface area contributed by atoms with Crippen LogP contribution in [0.1, 0.15) is 58.3 Å². The lowest BCUT2D eigenvalue weighted by atomic mass is 9.69. The molecule has 4 unspecified atom stereocenters.